The van der Waals surface area contributed by atoms with E-state index in [1.165, 1.54) is 0 Å². The number of hydrogen-bond acceptors (Lipinski definition) is 2. The molecule has 3 nitrogen and oxygen atoms in total. The highest BCUT2D eigenvalue weighted by molar-refractivity contribution is 5.76. The summed E-state index contributed by atoms with van der Waals surface area (Å²) in [5.74, 6) is -4.55. The van der Waals surface area contributed by atoms with Crippen molar-refractivity contribution in [2.45, 2.75) is 19.3 Å². The summed E-state index contributed by atoms with van der Waals surface area (Å²) in [6, 6.07) is 0. The predicted molar refractivity (Wildman–Crippen MR) is 38.2 cm³/mol. The molecule has 1 rings (SSSR count). The van der Waals surface area contributed by atoms with Crippen LogP contribution < -0.4 is 5.32 Å². The van der Waals surface area contributed by atoms with E-state index in [0.717, 1.165) is 6.92 Å². The van der Waals surface area contributed by atoms with Crippen molar-refractivity contribution in [3.8, 4) is 0 Å². The van der Waals surface area contributed by atoms with Gasteiger partial charge >= 0.3 is 5.97 Å². The summed E-state index contributed by atoms with van der Waals surface area (Å²) in [5, 5.41) is 11.3. The Morgan fingerprint density at radius 2 is 2.17 bits per heavy atom. The smallest absolute Gasteiger partial charge is 0.316 e. The number of alkyl halides is 2. The molecule has 1 heterocycles. The predicted octanol–water partition coefficient (Wildman–Crippen LogP) is 0.706. The van der Waals surface area contributed by atoms with Gasteiger partial charge in [-0.2, -0.15) is 0 Å². The molecule has 70 valence electrons. The van der Waals surface area contributed by atoms with Crippen molar-refractivity contribution in [1.82, 2.24) is 5.32 Å². The maximum Gasteiger partial charge on any atom is 0.316 e. The van der Waals surface area contributed by atoms with Crippen molar-refractivity contribution in [1.29, 1.82) is 0 Å². The van der Waals surface area contributed by atoms with Gasteiger partial charge < -0.3 is 10.4 Å². The van der Waals surface area contributed by atoms with Gasteiger partial charge in [0.25, 0.3) is 5.92 Å². The van der Waals surface area contributed by atoms with Gasteiger partial charge in [-0.25, -0.2) is 8.78 Å². The number of aliphatic carboxylic acids is 1. The van der Waals surface area contributed by atoms with Crippen LogP contribution in [0.4, 0.5) is 8.78 Å². The minimum absolute atomic E-state index is 0.171. The first-order valence-electron chi connectivity index (χ1n) is 3.72. The summed E-state index contributed by atoms with van der Waals surface area (Å²) in [7, 11) is 0. The topological polar surface area (TPSA) is 49.3 Å². The van der Waals surface area contributed by atoms with Gasteiger partial charge in [0, 0.05) is 19.5 Å². The van der Waals surface area contributed by atoms with E-state index in [2.05, 4.69) is 5.32 Å². The zero-order valence-corrected chi connectivity index (χ0v) is 6.73. The number of carboxylic acids is 1. The van der Waals surface area contributed by atoms with Crippen LogP contribution in [0.25, 0.3) is 0 Å². The number of carboxylic acid groups (broad SMARTS) is 1. The number of carbonyl (C=O) groups is 1. The number of piperidine rings is 1. The molecule has 2 N–H and O–H groups in total. The van der Waals surface area contributed by atoms with Crippen molar-refractivity contribution >= 4 is 5.97 Å². The van der Waals surface area contributed by atoms with Gasteiger partial charge in [-0.1, -0.05) is 0 Å². The molecule has 0 aromatic rings. The second-order valence-corrected chi connectivity index (χ2v) is 3.27. The molecule has 1 aliphatic rings. The lowest BCUT2D eigenvalue weighted by molar-refractivity contribution is -0.181. The molecule has 0 saturated carbocycles. The fraction of sp³-hybridized carbons (Fsp3) is 0.857. The molecule has 1 unspecified atom stereocenters. The van der Waals surface area contributed by atoms with E-state index in [9.17, 15) is 13.6 Å². The quantitative estimate of drug-likeness (QED) is 0.623. The van der Waals surface area contributed by atoms with Crippen LogP contribution in [0.3, 0.4) is 0 Å². The largest absolute Gasteiger partial charge is 0.481 e. The van der Waals surface area contributed by atoms with Crippen LogP contribution in [-0.4, -0.2) is 30.1 Å². The summed E-state index contributed by atoms with van der Waals surface area (Å²) in [5.41, 5.74) is -1.95. The summed E-state index contributed by atoms with van der Waals surface area (Å²) in [4.78, 5) is 10.6. The lowest BCUT2D eigenvalue weighted by Gasteiger charge is -2.37. The third-order valence-electron chi connectivity index (χ3n) is 2.37. The Morgan fingerprint density at radius 1 is 1.58 bits per heavy atom. The van der Waals surface area contributed by atoms with Gasteiger partial charge in [-0.05, 0) is 6.92 Å². The number of rotatable bonds is 1. The Bertz CT molecular complexity index is 208. The monoisotopic (exact) mass is 179 g/mol. The van der Waals surface area contributed by atoms with Gasteiger partial charge in [0.1, 0.15) is 5.41 Å². The first kappa shape index (κ1) is 9.38. The molecule has 0 spiro atoms. The first-order valence-corrected chi connectivity index (χ1v) is 3.72. The second kappa shape index (κ2) is 2.65. The van der Waals surface area contributed by atoms with E-state index in [4.69, 9.17) is 5.11 Å². The summed E-state index contributed by atoms with van der Waals surface area (Å²) in [6.07, 6.45) is -0.407. The molecule has 1 aliphatic heterocycles. The average molecular weight is 179 g/mol. The van der Waals surface area contributed by atoms with E-state index in [0.29, 0.717) is 0 Å². The van der Waals surface area contributed by atoms with E-state index in [1.807, 2.05) is 0 Å². The van der Waals surface area contributed by atoms with Gasteiger partial charge in [0.2, 0.25) is 0 Å². The molecule has 0 aliphatic carbocycles. The van der Waals surface area contributed by atoms with Crippen LogP contribution in [0.5, 0.6) is 0 Å². The summed E-state index contributed by atoms with van der Waals surface area (Å²) in [6.45, 7) is 1.08. The number of nitrogens with one attached hydrogen (secondary N) is 1. The van der Waals surface area contributed by atoms with Gasteiger partial charge in [-0.3, -0.25) is 4.79 Å². The SMILES string of the molecule is CC1(C(=O)O)CNCCC1(F)F. The fourth-order valence-electron chi connectivity index (χ4n) is 1.22. The zero-order chi connectivity index (χ0) is 9.41. The Morgan fingerprint density at radius 3 is 2.50 bits per heavy atom. The Balaban J connectivity index is 2.91. The Labute approximate surface area is 68.8 Å². The van der Waals surface area contributed by atoms with Crippen molar-refractivity contribution < 1.29 is 18.7 Å². The van der Waals surface area contributed by atoms with E-state index < -0.39 is 23.7 Å². The lowest BCUT2D eigenvalue weighted by Crippen LogP contribution is -2.56. The van der Waals surface area contributed by atoms with Crippen molar-refractivity contribution in [3.63, 3.8) is 0 Å². The van der Waals surface area contributed by atoms with Gasteiger partial charge in [0.05, 0.1) is 0 Å². The van der Waals surface area contributed by atoms with E-state index in [-0.39, 0.29) is 13.1 Å². The van der Waals surface area contributed by atoms with Gasteiger partial charge in [-0.15, -0.1) is 0 Å². The Kier molecular flexibility index (Phi) is 2.07. The number of halogens is 2. The van der Waals surface area contributed by atoms with Crippen LogP contribution in [0.2, 0.25) is 0 Å². The summed E-state index contributed by atoms with van der Waals surface area (Å²) < 4.78 is 26.2. The minimum atomic E-state index is -3.11. The maximum atomic E-state index is 13.1. The van der Waals surface area contributed by atoms with Gasteiger partial charge in [0.15, 0.2) is 0 Å². The Hall–Kier alpha value is -0.710. The fourth-order valence-corrected chi connectivity index (χ4v) is 1.22. The van der Waals surface area contributed by atoms with Crippen LogP contribution in [0.15, 0.2) is 0 Å². The molecule has 0 aromatic heterocycles. The normalized spacial score (nSPS) is 34.6. The zero-order valence-electron chi connectivity index (χ0n) is 6.73. The molecule has 5 heteroatoms. The molecule has 0 radical (unpaired) electrons. The minimum Gasteiger partial charge on any atom is -0.481 e. The second-order valence-electron chi connectivity index (χ2n) is 3.27. The average Bonchev–Trinajstić information content (AvgIpc) is 1.95. The van der Waals surface area contributed by atoms with E-state index in [1.54, 1.807) is 0 Å². The summed E-state index contributed by atoms with van der Waals surface area (Å²) >= 11 is 0. The molecular weight excluding hydrogens is 168 g/mol. The highest BCUT2D eigenvalue weighted by Crippen LogP contribution is 2.40. The van der Waals surface area contributed by atoms with Crippen LogP contribution in [0, 0.1) is 5.41 Å². The molecular formula is C7H11F2NO2. The third-order valence-corrected chi connectivity index (χ3v) is 2.37. The molecule has 0 aromatic carbocycles. The molecule has 1 atom stereocenters. The molecule has 0 bridgehead atoms. The van der Waals surface area contributed by atoms with E-state index >= 15 is 0 Å². The van der Waals surface area contributed by atoms with Crippen molar-refractivity contribution in [3.05, 3.63) is 0 Å². The standard InChI is InChI=1S/C7H11F2NO2/c1-6(5(11)12)4-10-3-2-7(6,8)9/h10H,2-4H2,1H3,(H,11,12). The molecule has 1 fully saturated rings. The molecule has 1 saturated heterocycles. The molecule has 12 heavy (non-hydrogen) atoms. The lowest BCUT2D eigenvalue weighted by atomic mass is 9.79. The number of hydrogen-bond donors (Lipinski definition) is 2. The highest BCUT2D eigenvalue weighted by atomic mass is 19.3. The van der Waals surface area contributed by atoms with Crippen LogP contribution in [-0.2, 0) is 4.79 Å². The van der Waals surface area contributed by atoms with Crippen molar-refractivity contribution in [2.24, 2.45) is 5.41 Å². The van der Waals surface area contributed by atoms with Crippen LogP contribution in [0.1, 0.15) is 13.3 Å². The van der Waals surface area contributed by atoms with Crippen molar-refractivity contribution in [2.75, 3.05) is 13.1 Å². The maximum absolute atomic E-state index is 13.1. The molecule has 0 amide bonds. The first-order chi connectivity index (χ1) is 5.40. The highest BCUT2D eigenvalue weighted by Gasteiger charge is 2.56. The van der Waals surface area contributed by atoms with Crippen LogP contribution >= 0.6 is 0 Å². The third kappa shape index (κ3) is 1.18.